The first-order valence-electron chi connectivity index (χ1n) is 8.68. The predicted molar refractivity (Wildman–Crippen MR) is 110 cm³/mol. The van der Waals surface area contributed by atoms with Crippen molar-refractivity contribution in [1.82, 2.24) is 19.9 Å². The van der Waals surface area contributed by atoms with E-state index in [2.05, 4.69) is 30.6 Å². The van der Waals surface area contributed by atoms with E-state index in [1.165, 1.54) is 17.5 Å². The molecule has 0 saturated carbocycles. The minimum atomic E-state index is -0.346. The molecule has 0 aliphatic carbocycles. The number of benzene rings is 1. The van der Waals surface area contributed by atoms with E-state index in [1.807, 2.05) is 17.5 Å². The first kappa shape index (κ1) is 18.5. The maximum atomic E-state index is 12.6. The van der Waals surface area contributed by atoms with Crippen LogP contribution in [0.4, 0.5) is 17.3 Å². The number of carbonyl (C=O) groups excluding carboxylic acids is 1. The van der Waals surface area contributed by atoms with Gasteiger partial charge in [-0.05, 0) is 30.3 Å². The van der Waals surface area contributed by atoms with Crippen molar-refractivity contribution in [2.45, 2.75) is 6.61 Å². The summed E-state index contributed by atoms with van der Waals surface area (Å²) in [6.45, 7) is 0.372. The zero-order valence-electron chi connectivity index (χ0n) is 15.1. The Labute approximate surface area is 170 Å². The highest BCUT2D eigenvalue weighted by atomic mass is 32.1. The molecule has 0 aliphatic rings. The lowest BCUT2D eigenvalue weighted by molar-refractivity contribution is 0.102. The van der Waals surface area contributed by atoms with Crippen molar-refractivity contribution in [2.75, 3.05) is 10.6 Å². The third-order valence-electron chi connectivity index (χ3n) is 3.79. The van der Waals surface area contributed by atoms with Gasteiger partial charge in [0.25, 0.3) is 5.91 Å². The SMILES string of the molecule is O=C(Nc1cccc(OCc2cscn2)c1)c1ccnc(Nc2ccncc2)n1. The van der Waals surface area contributed by atoms with Crippen molar-refractivity contribution in [1.29, 1.82) is 0 Å². The fourth-order valence-electron chi connectivity index (χ4n) is 2.43. The van der Waals surface area contributed by atoms with Gasteiger partial charge in [-0.15, -0.1) is 11.3 Å². The van der Waals surface area contributed by atoms with Crippen LogP contribution in [0, 0.1) is 0 Å². The summed E-state index contributed by atoms with van der Waals surface area (Å²) in [4.78, 5) is 29.1. The molecule has 3 aromatic heterocycles. The average molecular weight is 404 g/mol. The van der Waals surface area contributed by atoms with Gasteiger partial charge >= 0.3 is 0 Å². The summed E-state index contributed by atoms with van der Waals surface area (Å²) >= 11 is 1.52. The number of ether oxygens (including phenoxy) is 1. The molecule has 0 saturated heterocycles. The molecule has 1 aromatic carbocycles. The fraction of sp³-hybridized carbons (Fsp3) is 0.0500. The topological polar surface area (TPSA) is 102 Å². The van der Waals surface area contributed by atoms with Crippen molar-refractivity contribution >= 4 is 34.6 Å². The number of hydrogen-bond acceptors (Lipinski definition) is 8. The number of carbonyl (C=O) groups is 1. The molecule has 4 aromatic rings. The quantitative estimate of drug-likeness (QED) is 0.481. The second-order valence-electron chi connectivity index (χ2n) is 5.88. The van der Waals surface area contributed by atoms with Crippen LogP contribution >= 0.6 is 11.3 Å². The summed E-state index contributed by atoms with van der Waals surface area (Å²) in [6, 6.07) is 12.3. The van der Waals surface area contributed by atoms with Gasteiger partial charge in [-0.1, -0.05) is 6.07 Å². The van der Waals surface area contributed by atoms with Gasteiger partial charge in [0.1, 0.15) is 18.1 Å². The summed E-state index contributed by atoms with van der Waals surface area (Å²) in [7, 11) is 0. The molecule has 144 valence electrons. The number of thiazole rings is 1. The van der Waals surface area contributed by atoms with Crippen LogP contribution < -0.4 is 15.4 Å². The zero-order valence-corrected chi connectivity index (χ0v) is 16.0. The van der Waals surface area contributed by atoms with Gasteiger partial charge in [-0.25, -0.2) is 15.0 Å². The molecule has 9 heteroatoms. The summed E-state index contributed by atoms with van der Waals surface area (Å²) in [5.74, 6) is 0.615. The first-order chi connectivity index (χ1) is 14.3. The Morgan fingerprint density at radius 3 is 2.76 bits per heavy atom. The van der Waals surface area contributed by atoms with Crippen LogP contribution in [0.15, 0.2) is 71.9 Å². The van der Waals surface area contributed by atoms with Gasteiger partial charge < -0.3 is 15.4 Å². The van der Waals surface area contributed by atoms with Crippen molar-refractivity contribution < 1.29 is 9.53 Å². The molecule has 0 aliphatic heterocycles. The molecule has 1 amide bonds. The van der Waals surface area contributed by atoms with Crippen molar-refractivity contribution in [3.63, 3.8) is 0 Å². The van der Waals surface area contributed by atoms with Crippen LogP contribution in [0.3, 0.4) is 0 Å². The van der Waals surface area contributed by atoms with Gasteiger partial charge in [-0.2, -0.15) is 0 Å². The fourth-order valence-corrected chi connectivity index (χ4v) is 2.98. The lowest BCUT2D eigenvalue weighted by atomic mass is 10.3. The normalized spacial score (nSPS) is 10.3. The van der Waals surface area contributed by atoms with E-state index in [4.69, 9.17) is 4.74 Å². The van der Waals surface area contributed by atoms with Gasteiger partial charge in [0.05, 0.1) is 11.2 Å². The number of rotatable bonds is 7. The minimum Gasteiger partial charge on any atom is -0.487 e. The van der Waals surface area contributed by atoms with Crippen LogP contribution in [0.2, 0.25) is 0 Å². The summed E-state index contributed by atoms with van der Waals surface area (Å²) in [6.07, 6.45) is 4.84. The van der Waals surface area contributed by atoms with E-state index in [9.17, 15) is 4.79 Å². The van der Waals surface area contributed by atoms with Crippen LogP contribution in [0.1, 0.15) is 16.2 Å². The van der Waals surface area contributed by atoms with Gasteiger partial charge in [-0.3, -0.25) is 9.78 Å². The lowest BCUT2D eigenvalue weighted by Crippen LogP contribution is -2.14. The standard InChI is InChI=1S/C20H16N6O2S/c27-19(18-6-9-22-20(26-18)25-14-4-7-21-8-5-14)24-15-2-1-3-17(10-15)28-11-16-12-29-13-23-16/h1-10,12-13H,11H2,(H,24,27)(H,21,22,25,26). The minimum absolute atomic E-state index is 0.241. The summed E-state index contributed by atoms with van der Waals surface area (Å²) in [5, 5.41) is 7.79. The predicted octanol–water partition coefficient (Wildman–Crippen LogP) is 3.90. The third-order valence-corrected chi connectivity index (χ3v) is 4.42. The van der Waals surface area contributed by atoms with Crippen LogP contribution in [0.25, 0.3) is 0 Å². The molecule has 0 bridgehead atoms. The monoisotopic (exact) mass is 404 g/mol. The van der Waals surface area contributed by atoms with Gasteiger partial charge in [0.2, 0.25) is 5.95 Å². The Balaban J connectivity index is 1.41. The summed E-state index contributed by atoms with van der Waals surface area (Å²) in [5.41, 5.74) is 4.25. The van der Waals surface area contributed by atoms with E-state index in [-0.39, 0.29) is 11.6 Å². The van der Waals surface area contributed by atoms with Crippen LogP contribution in [-0.4, -0.2) is 25.8 Å². The Hall–Kier alpha value is -3.85. The zero-order chi connectivity index (χ0) is 19.9. The largest absolute Gasteiger partial charge is 0.487 e. The molecule has 8 nitrogen and oxygen atoms in total. The number of aromatic nitrogens is 4. The van der Waals surface area contributed by atoms with E-state index in [0.717, 1.165) is 11.4 Å². The Bertz CT molecular complexity index is 1090. The van der Waals surface area contributed by atoms with Crippen molar-refractivity contribution in [3.05, 3.63) is 83.3 Å². The molecule has 0 fully saturated rings. The highest BCUT2D eigenvalue weighted by molar-refractivity contribution is 7.07. The molecule has 0 spiro atoms. The smallest absolute Gasteiger partial charge is 0.274 e. The van der Waals surface area contributed by atoms with Crippen LogP contribution in [0.5, 0.6) is 5.75 Å². The Morgan fingerprint density at radius 2 is 1.93 bits per heavy atom. The number of amides is 1. The van der Waals surface area contributed by atoms with E-state index in [1.54, 1.807) is 48.2 Å². The molecular formula is C20H16N6O2S. The van der Waals surface area contributed by atoms with Gasteiger partial charge in [0.15, 0.2) is 0 Å². The molecule has 4 rings (SSSR count). The number of nitrogens with one attached hydrogen (secondary N) is 2. The van der Waals surface area contributed by atoms with Crippen LogP contribution in [-0.2, 0) is 6.61 Å². The average Bonchev–Trinajstić information content (AvgIpc) is 3.27. The van der Waals surface area contributed by atoms with Crippen molar-refractivity contribution in [3.8, 4) is 5.75 Å². The van der Waals surface area contributed by atoms with Gasteiger partial charge in [0, 0.05) is 41.4 Å². The summed E-state index contributed by atoms with van der Waals surface area (Å²) < 4.78 is 5.72. The first-order valence-corrected chi connectivity index (χ1v) is 9.62. The number of pyridine rings is 1. The Morgan fingerprint density at radius 1 is 1.03 bits per heavy atom. The number of anilines is 3. The molecule has 0 unspecified atom stereocenters. The third kappa shape index (κ3) is 5.11. The second-order valence-corrected chi connectivity index (χ2v) is 6.60. The molecule has 0 atom stereocenters. The molecule has 2 N–H and O–H groups in total. The maximum absolute atomic E-state index is 12.6. The number of hydrogen-bond donors (Lipinski definition) is 2. The highest BCUT2D eigenvalue weighted by Gasteiger charge is 2.10. The Kier molecular flexibility index (Phi) is 5.68. The molecule has 3 heterocycles. The lowest BCUT2D eigenvalue weighted by Gasteiger charge is -2.09. The molecule has 29 heavy (non-hydrogen) atoms. The van der Waals surface area contributed by atoms with E-state index < -0.39 is 0 Å². The highest BCUT2D eigenvalue weighted by Crippen LogP contribution is 2.19. The molecular weight excluding hydrogens is 388 g/mol. The second kappa shape index (κ2) is 8.89. The van der Waals surface area contributed by atoms with E-state index in [0.29, 0.717) is 24.0 Å². The molecule has 0 radical (unpaired) electrons. The van der Waals surface area contributed by atoms with E-state index >= 15 is 0 Å². The number of nitrogens with zero attached hydrogens (tertiary/aromatic N) is 4. The van der Waals surface area contributed by atoms with Crippen molar-refractivity contribution in [2.24, 2.45) is 0 Å². The maximum Gasteiger partial charge on any atom is 0.274 e.